The zero-order valence-corrected chi connectivity index (χ0v) is 15.8. The first-order valence-electron chi connectivity index (χ1n) is 9.05. The molecular weight excluding hydrogens is 362 g/mol. The summed E-state index contributed by atoms with van der Waals surface area (Å²) in [5.41, 5.74) is 2.90. The SMILES string of the molecule is Cc1cccc(CC(=O)N2CCC[C@H]2c2nc(-c3ccccc3Cl)no2)c1. The second-order valence-corrected chi connectivity index (χ2v) is 7.25. The van der Waals surface area contributed by atoms with E-state index in [9.17, 15) is 4.79 Å². The summed E-state index contributed by atoms with van der Waals surface area (Å²) in [6, 6.07) is 15.2. The molecule has 2 heterocycles. The molecule has 138 valence electrons. The van der Waals surface area contributed by atoms with Gasteiger partial charge in [0.25, 0.3) is 0 Å². The van der Waals surface area contributed by atoms with Gasteiger partial charge in [0.15, 0.2) is 0 Å². The highest BCUT2D eigenvalue weighted by atomic mass is 35.5. The van der Waals surface area contributed by atoms with Crippen molar-refractivity contribution >= 4 is 17.5 Å². The highest BCUT2D eigenvalue weighted by Crippen LogP contribution is 2.33. The van der Waals surface area contributed by atoms with Crippen LogP contribution in [0, 0.1) is 6.92 Å². The van der Waals surface area contributed by atoms with Gasteiger partial charge in [-0.1, -0.05) is 58.7 Å². The molecule has 1 aromatic heterocycles. The van der Waals surface area contributed by atoms with E-state index in [0.29, 0.717) is 29.7 Å². The van der Waals surface area contributed by atoms with E-state index in [1.165, 1.54) is 0 Å². The number of benzene rings is 2. The number of likely N-dealkylation sites (tertiary alicyclic amines) is 1. The lowest BCUT2D eigenvalue weighted by molar-refractivity contribution is -0.131. The van der Waals surface area contributed by atoms with Gasteiger partial charge in [0.1, 0.15) is 6.04 Å². The largest absolute Gasteiger partial charge is 0.337 e. The Labute approximate surface area is 163 Å². The molecule has 0 bridgehead atoms. The Hall–Kier alpha value is -2.66. The Morgan fingerprint density at radius 2 is 2.11 bits per heavy atom. The number of rotatable bonds is 4. The lowest BCUT2D eigenvalue weighted by atomic mass is 10.1. The molecule has 1 amide bonds. The minimum absolute atomic E-state index is 0.0839. The summed E-state index contributed by atoms with van der Waals surface area (Å²) in [6.07, 6.45) is 2.13. The molecule has 1 aliphatic heterocycles. The summed E-state index contributed by atoms with van der Waals surface area (Å²) in [4.78, 5) is 19.2. The third-order valence-corrected chi connectivity index (χ3v) is 5.18. The maximum Gasteiger partial charge on any atom is 0.249 e. The molecule has 6 heteroatoms. The number of amides is 1. The van der Waals surface area contributed by atoms with Gasteiger partial charge in [0.2, 0.25) is 17.6 Å². The van der Waals surface area contributed by atoms with Gasteiger partial charge in [-0.3, -0.25) is 4.79 Å². The van der Waals surface area contributed by atoms with E-state index >= 15 is 0 Å². The van der Waals surface area contributed by atoms with Crippen LogP contribution in [-0.4, -0.2) is 27.5 Å². The van der Waals surface area contributed by atoms with Crippen molar-refractivity contribution in [2.45, 2.75) is 32.2 Å². The van der Waals surface area contributed by atoms with Gasteiger partial charge >= 0.3 is 0 Å². The minimum atomic E-state index is -0.175. The van der Waals surface area contributed by atoms with Crippen LogP contribution < -0.4 is 0 Å². The number of aryl methyl sites for hydroxylation is 1. The van der Waals surface area contributed by atoms with E-state index in [1.54, 1.807) is 6.07 Å². The lowest BCUT2D eigenvalue weighted by Gasteiger charge is -2.22. The van der Waals surface area contributed by atoms with Crippen molar-refractivity contribution in [2.24, 2.45) is 0 Å². The van der Waals surface area contributed by atoms with Gasteiger partial charge in [-0.05, 0) is 37.5 Å². The monoisotopic (exact) mass is 381 g/mol. The van der Waals surface area contributed by atoms with E-state index in [2.05, 4.69) is 10.1 Å². The molecule has 0 aliphatic carbocycles. The van der Waals surface area contributed by atoms with Crippen LogP contribution in [0.5, 0.6) is 0 Å². The van der Waals surface area contributed by atoms with Crippen molar-refractivity contribution in [3.05, 3.63) is 70.6 Å². The zero-order valence-electron chi connectivity index (χ0n) is 15.1. The van der Waals surface area contributed by atoms with Crippen molar-refractivity contribution < 1.29 is 9.32 Å². The molecule has 5 nitrogen and oxygen atoms in total. The predicted octanol–water partition coefficient (Wildman–Crippen LogP) is 4.60. The Morgan fingerprint density at radius 3 is 2.93 bits per heavy atom. The van der Waals surface area contributed by atoms with Crippen LogP contribution in [-0.2, 0) is 11.2 Å². The number of aromatic nitrogens is 2. The first-order chi connectivity index (χ1) is 13.1. The number of nitrogens with zero attached hydrogens (tertiary/aromatic N) is 3. The number of carbonyl (C=O) groups is 1. The average Bonchev–Trinajstić information content (AvgIpc) is 3.31. The molecule has 0 unspecified atom stereocenters. The highest BCUT2D eigenvalue weighted by molar-refractivity contribution is 6.33. The van der Waals surface area contributed by atoms with Gasteiger partial charge in [0.05, 0.1) is 11.4 Å². The third-order valence-electron chi connectivity index (χ3n) is 4.85. The Balaban J connectivity index is 1.53. The van der Waals surface area contributed by atoms with Crippen LogP contribution in [0.15, 0.2) is 53.1 Å². The Kier molecular flexibility index (Phi) is 4.94. The first kappa shape index (κ1) is 17.7. The zero-order chi connectivity index (χ0) is 18.8. The molecule has 1 atom stereocenters. The molecule has 3 aromatic rings. The Morgan fingerprint density at radius 1 is 1.26 bits per heavy atom. The van der Waals surface area contributed by atoms with Crippen molar-refractivity contribution in [1.29, 1.82) is 0 Å². The van der Waals surface area contributed by atoms with Gasteiger partial charge in [-0.15, -0.1) is 0 Å². The predicted molar refractivity (Wildman–Crippen MR) is 103 cm³/mol. The van der Waals surface area contributed by atoms with Gasteiger partial charge in [0, 0.05) is 12.1 Å². The van der Waals surface area contributed by atoms with E-state index < -0.39 is 0 Å². The molecule has 0 saturated carbocycles. The summed E-state index contributed by atoms with van der Waals surface area (Å²) in [5, 5.41) is 4.65. The van der Waals surface area contributed by atoms with Crippen LogP contribution in [0.4, 0.5) is 0 Å². The molecular formula is C21H20ClN3O2. The number of hydrogen-bond acceptors (Lipinski definition) is 4. The van der Waals surface area contributed by atoms with E-state index in [1.807, 2.05) is 54.3 Å². The molecule has 27 heavy (non-hydrogen) atoms. The second-order valence-electron chi connectivity index (χ2n) is 6.85. The van der Waals surface area contributed by atoms with Gasteiger partial charge in [-0.2, -0.15) is 4.98 Å². The summed E-state index contributed by atoms with van der Waals surface area (Å²) >= 11 is 6.22. The smallest absolute Gasteiger partial charge is 0.249 e. The number of carbonyl (C=O) groups excluding carboxylic acids is 1. The quantitative estimate of drug-likeness (QED) is 0.662. The molecule has 1 saturated heterocycles. The van der Waals surface area contributed by atoms with E-state index in [4.69, 9.17) is 16.1 Å². The molecule has 0 radical (unpaired) electrons. The van der Waals surface area contributed by atoms with Crippen LogP contribution in [0.1, 0.15) is 35.9 Å². The third kappa shape index (κ3) is 3.74. The first-order valence-corrected chi connectivity index (χ1v) is 9.43. The fourth-order valence-corrected chi connectivity index (χ4v) is 3.76. The normalized spacial score (nSPS) is 16.7. The Bertz CT molecular complexity index is 969. The molecule has 2 aromatic carbocycles. The molecule has 0 N–H and O–H groups in total. The average molecular weight is 382 g/mol. The van der Waals surface area contributed by atoms with Crippen LogP contribution in [0.25, 0.3) is 11.4 Å². The number of hydrogen-bond donors (Lipinski definition) is 0. The fraction of sp³-hybridized carbons (Fsp3) is 0.286. The molecule has 1 aliphatic rings. The van der Waals surface area contributed by atoms with Crippen LogP contribution in [0.3, 0.4) is 0 Å². The number of halogens is 1. The molecule has 0 spiro atoms. The van der Waals surface area contributed by atoms with E-state index in [0.717, 1.165) is 29.5 Å². The molecule has 1 fully saturated rings. The van der Waals surface area contributed by atoms with Gasteiger partial charge in [-0.25, -0.2) is 0 Å². The fourth-order valence-electron chi connectivity index (χ4n) is 3.54. The van der Waals surface area contributed by atoms with Crippen LogP contribution >= 0.6 is 11.6 Å². The summed E-state index contributed by atoms with van der Waals surface area (Å²) in [6.45, 7) is 2.74. The lowest BCUT2D eigenvalue weighted by Crippen LogP contribution is -2.32. The second kappa shape index (κ2) is 7.53. The van der Waals surface area contributed by atoms with Crippen molar-refractivity contribution in [3.63, 3.8) is 0 Å². The maximum atomic E-state index is 12.9. The van der Waals surface area contributed by atoms with Crippen molar-refractivity contribution in [2.75, 3.05) is 6.54 Å². The van der Waals surface area contributed by atoms with Gasteiger partial charge < -0.3 is 9.42 Å². The highest BCUT2D eigenvalue weighted by Gasteiger charge is 2.34. The van der Waals surface area contributed by atoms with Crippen LogP contribution in [0.2, 0.25) is 5.02 Å². The summed E-state index contributed by atoms with van der Waals surface area (Å²) < 4.78 is 5.49. The minimum Gasteiger partial charge on any atom is -0.337 e. The summed E-state index contributed by atoms with van der Waals surface area (Å²) in [7, 11) is 0. The topological polar surface area (TPSA) is 59.2 Å². The van der Waals surface area contributed by atoms with Crippen molar-refractivity contribution in [1.82, 2.24) is 15.0 Å². The van der Waals surface area contributed by atoms with Crippen molar-refractivity contribution in [3.8, 4) is 11.4 Å². The van der Waals surface area contributed by atoms with E-state index in [-0.39, 0.29) is 11.9 Å². The summed E-state index contributed by atoms with van der Waals surface area (Å²) in [5.74, 6) is 1.01. The molecule has 4 rings (SSSR count). The maximum absolute atomic E-state index is 12.9. The standard InChI is InChI=1S/C21H20ClN3O2/c1-14-6-4-7-15(12-14)13-19(26)25-11-5-10-18(25)21-23-20(24-27-21)16-8-2-3-9-17(16)22/h2-4,6-9,12,18H,5,10-11,13H2,1H3/t18-/m0/s1.